The fourth-order valence-electron chi connectivity index (χ4n) is 1.87. The molecule has 8 heteroatoms. The average molecular weight is 399 g/mol. The van der Waals surface area contributed by atoms with Crippen molar-refractivity contribution in [2.24, 2.45) is 0 Å². The van der Waals surface area contributed by atoms with Crippen LogP contribution in [0.4, 0.5) is 0 Å². The summed E-state index contributed by atoms with van der Waals surface area (Å²) in [7, 11) is -3.21. The lowest BCUT2D eigenvalue weighted by Crippen LogP contribution is -2.27. The number of rotatable bonds is 10. The largest absolute Gasteiger partial charge is 0.460 e. The Labute approximate surface area is 158 Å². The maximum absolute atomic E-state index is 12.0. The molecule has 0 N–H and O–H groups in total. The van der Waals surface area contributed by atoms with E-state index in [2.05, 4.69) is 39.3 Å². The van der Waals surface area contributed by atoms with Crippen molar-refractivity contribution >= 4 is 28.6 Å². The van der Waals surface area contributed by atoms with Crippen LogP contribution in [0.5, 0.6) is 0 Å². The van der Waals surface area contributed by atoms with Gasteiger partial charge >= 0.3 is 11.9 Å². The highest BCUT2D eigenvalue weighted by molar-refractivity contribution is 6.70. The van der Waals surface area contributed by atoms with E-state index in [1.807, 2.05) is 0 Å². The molecule has 146 valence electrons. The highest BCUT2D eigenvalue weighted by Crippen LogP contribution is 2.09. The lowest BCUT2D eigenvalue weighted by Gasteiger charge is -2.17. The minimum Gasteiger partial charge on any atom is -0.460 e. The molecule has 0 aliphatic carbocycles. The number of ether oxygens (including phenoxy) is 2. The summed E-state index contributed by atoms with van der Waals surface area (Å²) in [5.74, 6) is -0.875. The Kier molecular flexibility index (Phi) is 8.68. The first kappa shape index (κ1) is 22.6. The van der Waals surface area contributed by atoms with E-state index in [0.717, 1.165) is 0 Å². The van der Waals surface area contributed by atoms with Crippen LogP contribution in [0.1, 0.15) is 20.7 Å². The van der Waals surface area contributed by atoms with Gasteiger partial charge in [-0.15, -0.1) is 0 Å². The molecule has 1 aromatic carbocycles. The molecule has 0 atom stereocenters. The van der Waals surface area contributed by atoms with E-state index in [4.69, 9.17) is 18.3 Å². The summed E-state index contributed by atoms with van der Waals surface area (Å²) in [6.45, 7) is 13.7. The fourth-order valence-corrected chi connectivity index (χ4v) is 3.26. The van der Waals surface area contributed by atoms with E-state index >= 15 is 0 Å². The van der Waals surface area contributed by atoms with E-state index in [-0.39, 0.29) is 13.2 Å². The number of carbonyl (C=O) groups excluding carboxylic acids is 2. The predicted molar refractivity (Wildman–Crippen MR) is 106 cm³/mol. The van der Waals surface area contributed by atoms with Gasteiger partial charge in [0.25, 0.3) is 0 Å². The summed E-state index contributed by atoms with van der Waals surface area (Å²) >= 11 is 0. The molecule has 0 aliphatic heterocycles. The highest BCUT2D eigenvalue weighted by Gasteiger charge is 2.16. The first-order valence-corrected chi connectivity index (χ1v) is 15.5. The Balaban J connectivity index is 2.39. The molecule has 0 saturated carbocycles. The second kappa shape index (κ2) is 10.0. The third-order valence-electron chi connectivity index (χ3n) is 3.06. The molecule has 0 unspecified atom stereocenters. The fraction of sp³-hybridized carbons (Fsp3) is 0.556. The topological polar surface area (TPSA) is 71.1 Å². The van der Waals surface area contributed by atoms with Crippen molar-refractivity contribution in [1.29, 1.82) is 0 Å². The number of benzene rings is 1. The summed E-state index contributed by atoms with van der Waals surface area (Å²) in [6, 6.07) is 6.21. The van der Waals surface area contributed by atoms with Gasteiger partial charge in [0.15, 0.2) is 16.6 Å². The Hall–Kier alpha value is -1.49. The van der Waals surface area contributed by atoms with Crippen LogP contribution in [0.25, 0.3) is 0 Å². The second-order valence-corrected chi connectivity index (χ2v) is 16.8. The van der Waals surface area contributed by atoms with Crippen LogP contribution in [0.3, 0.4) is 0 Å². The molecule has 0 fully saturated rings. The van der Waals surface area contributed by atoms with Gasteiger partial charge in [0.1, 0.15) is 13.2 Å². The zero-order valence-electron chi connectivity index (χ0n) is 16.6. The van der Waals surface area contributed by atoms with Crippen LogP contribution >= 0.6 is 0 Å². The first-order valence-electron chi connectivity index (χ1n) is 8.70. The van der Waals surface area contributed by atoms with Crippen molar-refractivity contribution in [1.82, 2.24) is 0 Å². The molecule has 0 amide bonds. The van der Waals surface area contributed by atoms with Crippen LogP contribution in [-0.2, 0) is 18.3 Å². The monoisotopic (exact) mass is 398 g/mol. The maximum Gasteiger partial charge on any atom is 0.338 e. The molecule has 0 aromatic heterocycles. The van der Waals surface area contributed by atoms with Gasteiger partial charge in [-0.3, -0.25) is 0 Å². The van der Waals surface area contributed by atoms with Gasteiger partial charge in [-0.05, 0) is 63.5 Å². The van der Waals surface area contributed by atoms with E-state index < -0.39 is 28.6 Å². The molecule has 1 aromatic rings. The third kappa shape index (κ3) is 9.86. The molecular weight excluding hydrogens is 368 g/mol. The predicted octanol–water partition coefficient (Wildman–Crippen LogP) is 3.70. The number of carbonyl (C=O) groups is 2. The minimum atomic E-state index is -1.60. The van der Waals surface area contributed by atoms with Crippen molar-refractivity contribution < 1.29 is 27.9 Å². The number of hydrogen-bond donors (Lipinski definition) is 0. The Morgan fingerprint density at radius 1 is 0.654 bits per heavy atom. The van der Waals surface area contributed by atoms with Gasteiger partial charge in [-0.25, -0.2) is 9.59 Å². The van der Waals surface area contributed by atoms with Gasteiger partial charge in [-0.2, -0.15) is 0 Å². The maximum atomic E-state index is 12.0. The Morgan fingerprint density at radius 2 is 0.962 bits per heavy atom. The molecule has 0 spiro atoms. The van der Waals surface area contributed by atoms with Crippen LogP contribution in [0.15, 0.2) is 24.3 Å². The number of esters is 2. The lowest BCUT2D eigenvalue weighted by molar-refractivity contribution is 0.0433. The van der Waals surface area contributed by atoms with Crippen molar-refractivity contribution in [2.75, 3.05) is 26.4 Å². The quantitative estimate of drug-likeness (QED) is 0.340. The van der Waals surface area contributed by atoms with Crippen LogP contribution < -0.4 is 0 Å². The summed E-state index contributed by atoms with van der Waals surface area (Å²) in [5, 5.41) is 0. The van der Waals surface area contributed by atoms with Crippen LogP contribution in [-0.4, -0.2) is 55.0 Å². The van der Waals surface area contributed by atoms with Crippen molar-refractivity contribution in [2.45, 2.75) is 39.3 Å². The normalized spacial score (nSPS) is 11.9. The molecule has 0 bridgehead atoms. The summed E-state index contributed by atoms with van der Waals surface area (Å²) < 4.78 is 21.6. The van der Waals surface area contributed by atoms with Gasteiger partial charge in [0.05, 0.1) is 24.3 Å². The van der Waals surface area contributed by atoms with Crippen molar-refractivity contribution in [3.63, 3.8) is 0 Å². The molecule has 0 heterocycles. The zero-order chi connectivity index (χ0) is 19.8. The van der Waals surface area contributed by atoms with Gasteiger partial charge in [0, 0.05) is 0 Å². The second-order valence-electron chi connectivity index (χ2n) is 7.77. The van der Waals surface area contributed by atoms with E-state index in [1.54, 1.807) is 24.3 Å². The van der Waals surface area contributed by atoms with E-state index in [0.29, 0.717) is 24.3 Å². The van der Waals surface area contributed by atoms with E-state index in [9.17, 15) is 9.59 Å². The smallest absolute Gasteiger partial charge is 0.338 e. The third-order valence-corrected chi connectivity index (χ3v) is 5.20. The Morgan fingerprint density at radius 3 is 1.23 bits per heavy atom. The zero-order valence-corrected chi connectivity index (χ0v) is 18.6. The van der Waals surface area contributed by atoms with E-state index in [1.165, 1.54) is 0 Å². The molecule has 6 nitrogen and oxygen atoms in total. The minimum absolute atomic E-state index is 0.212. The van der Waals surface area contributed by atoms with Crippen molar-refractivity contribution in [3.8, 4) is 0 Å². The van der Waals surface area contributed by atoms with Crippen LogP contribution in [0.2, 0.25) is 39.3 Å². The molecule has 0 radical (unpaired) electrons. The molecule has 0 saturated heterocycles. The van der Waals surface area contributed by atoms with Crippen LogP contribution in [0, 0.1) is 0 Å². The lowest BCUT2D eigenvalue weighted by atomic mass is 10.1. The highest BCUT2D eigenvalue weighted by atomic mass is 28.4. The Bertz CT molecular complexity index is 534. The average Bonchev–Trinajstić information content (AvgIpc) is 2.53. The number of hydrogen-bond acceptors (Lipinski definition) is 6. The summed E-state index contributed by atoms with van der Waals surface area (Å²) in [4.78, 5) is 23.9. The van der Waals surface area contributed by atoms with Gasteiger partial charge in [-0.1, -0.05) is 0 Å². The van der Waals surface area contributed by atoms with Gasteiger partial charge in [0.2, 0.25) is 0 Å². The summed E-state index contributed by atoms with van der Waals surface area (Å²) in [5.41, 5.74) is 0.772. The first-order chi connectivity index (χ1) is 12.0. The summed E-state index contributed by atoms with van der Waals surface area (Å²) in [6.07, 6.45) is 0. The molecule has 26 heavy (non-hydrogen) atoms. The van der Waals surface area contributed by atoms with Crippen molar-refractivity contribution in [3.05, 3.63) is 35.4 Å². The molecule has 1 rings (SSSR count). The molecular formula is C18H30O6Si2. The SMILES string of the molecule is C[Si](C)(C)OCCOC(=O)c1ccc(C(=O)OCCO[Si](C)(C)C)cc1. The standard InChI is InChI=1S/C18H30O6Si2/c1-25(2,3)23-13-11-21-17(19)15-7-9-16(10-8-15)18(20)22-12-14-24-26(4,5)6/h7-10H,11-14H2,1-6H3. The molecule has 0 aliphatic rings. The van der Waals surface area contributed by atoms with Gasteiger partial charge < -0.3 is 18.3 Å².